The molecule has 0 amide bonds. The van der Waals surface area contributed by atoms with E-state index in [0.29, 0.717) is 44.5 Å². The van der Waals surface area contributed by atoms with Crippen LogP contribution in [0, 0.1) is 20.8 Å². The third-order valence-corrected chi connectivity index (χ3v) is 4.94. The molecule has 3 aromatic rings. The number of alkyl halides is 3. The Labute approximate surface area is 171 Å². The summed E-state index contributed by atoms with van der Waals surface area (Å²) in [5, 5.41) is 0.686. The van der Waals surface area contributed by atoms with Crippen LogP contribution >= 0.6 is 0 Å². The minimum atomic E-state index is -4.43. The average molecular weight is 418 g/mol. The monoisotopic (exact) mass is 418 g/mol. The molecule has 158 valence electrons. The van der Waals surface area contributed by atoms with Crippen molar-refractivity contribution in [1.82, 2.24) is 0 Å². The van der Waals surface area contributed by atoms with Gasteiger partial charge in [-0.15, -0.1) is 0 Å². The lowest BCUT2D eigenvalue weighted by atomic mass is 10.0. The lowest BCUT2D eigenvalue weighted by Crippen LogP contribution is -2.14. The summed E-state index contributed by atoms with van der Waals surface area (Å²) in [6.45, 7) is 6.39. The quantitative estimate of drug-likeness (QED) is 0.517. The molecule has 0 aliphatic carbocycles. The molecular formula is C23H21F3O4. The van der Waals surface area contributed by atoms with Gasteiger partial charge in [0, 0.05) is 22.9 Å². The molecule has 0 N–H and O–H groups in total. The van der Waals surface area contributed by atoms with E-state index in [0.717, 1.165) is 12.1 Å². The summed E-state index contributed by atoms with van der Waals surface area (Å²) in [6, 6.07) is 7.17. The molecular weight excluding hydrogens is 397 g/mol. The fraction of sp³-hybridized carbons (Fsp3) is 0.304. The number of hydrogen-bond acceptors (Lipinski definition) is 4. The first-order valence-corrected chi connectivity index (χ1v) is 9.33. The van der Waals surface area contributed by atoms with E-state index >= 15 is 0 Å². The standard InChI is InChI=1S/C23H21F3O4/c1-12-7-16(10-17(8-12)23(24,25)26)11-29-20-6-5-18-14(3)19(9-13(2)27)22(28)30-21(18)15(20)4/h5-8,10H,9,11H2,1-4H3. The number of hydrogen-bond donors (Lipinski definition) is 0. The van der Waals surface area contributed by atoms with Gasteiger partial charge in [-0.3, -0.25) is 4.79 Å². The van der Waals surface area contributed by atoms with E-state index in [2.05, 4.69) is 0 Å². The predicted molar refractivity (Wildman–Crippen MR) is 107 cm³/mol. The summed E-state index contributed by atoms with van der Waals surface area (Å²) < 4.78 is 50.3. The molecule has 7 heteroatoms. The number of halogens is 3. The van der Waals surface area contributed by atoms with Gasteiger partial charge < -0.3 is 9.15 Å². The number of rotatable bonds is 5. The largest absolute Gasteiger partial charge is 0.488 e. The lowest BCUT2D eigenvalue weighted by Gasteiger charge is -2.14. The second-order valence-corrected chi connectivity index (χ2v) is 7.43. The second-order valence-electron chi connectivity index (χ2n) is 7.43. The molecule has 0 spiro atoms. The highest BCUT2D eigenvalue weighted by Gasteiger charge is 2.30. The zero-order valence-electron chi connectivity index (χ0n) is 17.1. The maximum absolute atomic E-state index is 13.0. The van der Waals surface area contributed by atoms with Crippen LogP contribution in [-0.4, -0.2) is 5.78 Å². The van der Waals surface area contributed by atoms with Crippen molar-refractivity contribution in [2.45, 2.75) is 46.9 Å². The Bertz CT molecular complexity index is 1190. The first-order valence-electron chi connectivity index (χ1n) is 9.33. The summed E-state index contributed by atoms with van der Waals surface area (Å²) in [5.74, 6) is 0.261. The van der Waals surface area contributed by atoms with Gasteiger partial charge in [0.15, 0.2) is 0 Å². The molecule has 1 heterocycles. The third-order valence-electron chi connectivity index (χ3n) is 4.94. The molecule has 0 fully saturated rings. The summed E-state index contributed by atoms with van der Waals surface area (Å²) in [6.07, 6.45) is -4.44. The van der Waals surface area contributed by atoms with Gasteiger partial charge in [-0.05, 0) is 63.1 Å². The van der Waals surface area contributed by atoms with E-state index in [4.69, 9.17) is 9.15 Å². The van der Waals surface area contributed by atoms with E-state index in [1.54, 1.807) is 39.0 Å². The number of carbonyl (C=O) groups excluding carboxylic acids is 1. The van der Waals surface area contributed by atoms with Gasteiger partial charge in [0.2, 0.25) is 0 Å². The number of aryl methyl sites for hydroxylation is 3. The molecule has 0 saturated carbocycles. The zero-order chi connectivity index (χ0) is 22.2. The topological polar surface area (TPSA) is 56.5 Å². The van der Waals surface area contributed by atoms with Crippen molar-refractivity contribution in [3.63, 3.8) is 0 Å². The number of ether oxygens (including phenoxy) is 1. The van der Waals surface area contributed by atoms with Crippen LogP contribution in [0.2, 0.25) is 0 Å². The molecule has 3 rings (SSSR count). The number of ketones is 1. The van der Waals surface area contributed by atoms with Crippen LogP contribution < -0.4 is 10.4 Å². The Morgan fingerprint density at radius 1 is 1.07 bits per heavy atom. The average Bonchev–Trinajstić information content (AvgIpc) is 2.64. The molecule has 1 aromatic heterocycles. The molecule has 0 aliphatic heterocycles. The highest BCUT2D eigenvalue weighted by Crippen LogP contribution is 2.32. The van der Waals surface area contributed by atoms with Crippen molar-refractivity contribution in [2.75, 3.05) is 0 Å². The van der Waals surface area contributed by atoms with Crippen molar-refractivity contribution >= 4 is 16.8 Å². The van der Waals surface area contributed by atoms with Crippen LogP contribution in [0.5, 0.6) is 5.75 Å². The minimum absolute atomic E-state index is 0.00367. The molecule has 30 heavy (non-hydrogen) atoms. The Balaban J connectivity index is 1.95. The van der Waals surface area contributed by atoms with Gasteiger partial charge in [-0.2, -0.15) is 13.2 Å². The summed E-state index contributed by atoms with van der Waals surface area (Å²) in [5.41, 5.74) is 1.45. The van der Waals surface area contributed by atoms with Gasteiger partial charge in [0.05, 0.1) is 5.56 Å². The van der Waals surface area contributed by atoms with Gasteiger partial charge in [0.1, 0.15) is 23.7 Å². The second kappa shape index (κ2) is 7.97. The normalized spacial score (nSPS) is 11.7. The van der Waals surface area contributed by atoms with Crippen molar-refractivity contribution in [1.29, 1.82) is 0 Å². The van der Waals surface area contributed by atoms with Gasteiger partial charge >= 0.3 is 11.8 Å². The molecule has 0 atom stereocenters. The zero-order valence-corrected chi connectivity index (χ0v) is 17.1. The fourth-order valence-electron chi connectivity index (χ4n) is 3.45. The van der Waals surface area contributed by atoms with Crippen LogP contribution in [0.3, 0.4) is 0 Å². The number of carbonyl (C=O) groups is 1. The van der Waals surface area contributed by atoms with E-state index in [1.165, 1.54) is 6.92 Å². The Morgan fingerprint density at radius 2 is 1.77 bits per heavy atom. The van der Waals surface area contributed by atoms with E-state index in [1.807, 2.05) is 0 Å². The third kappa shape index (κ3) is 4.40. The van der Waals surface area contributed by atoms with Crippen molar-refractivity contribution in [2.24, 2.45) is 0 Å². The van der Waals surface area contributed by atoms with Gasteiger partial charge in [-0.25, -0.2) is 4.79 Å². The SMILES string of the molecule is CC(=O)Cc1c(C)c2ccc(OCc3cc(C)cc(C(F)(F)F)c3)c(C)c2oc1=O. The van der Waals surface area contributed by atoms with Crippen molar-refractivity contribution in [3.8, 4) is 5.75 Å². The van der Waals surface area contributed by atoms with Crippen molar-refractivity contribution in [3.05, 3.63) is 74.1 Å². The maximum Gasteiger partial charge on any atom is 0.416 e. The summed E-state index contributed by atoms with van der Waals surface area (Å²) in [7, 11) is 0. The Hall–Kier alpha value is -3.09. The van der Waals surface area contributed by atoms with Crippen LogP contribution in [0.1, 0.15) is 40.3 Å². The summed E-state index contributed by atoms with van der Waals surface area (Å²) in [4.78, 5) is 23.8. The van der Waals surface area contributed by atoms with Gasteiger partial charge in [0.25, 0.3) is 0 Å². The van der Waals surface area contributed by atoms with Crippen molar-refractivity contribution < 1.29 is 27.1 Å². The number of fused-ring (bicyclic) bond motifs is 1. The molecule has 0 bridgehead atoms. The Morgan fingerprint density at radius 3 is 2.40 bits per heavy atom. The molecule has 0 aliphatic rings. The van der Waals surface area contributed by atoms with Crippen LogP contribution in [0.4, 0.5) is 13.2 Å². The highest BCUT2D eigenvalue weighted by molar-refractivity contribution is 5.87. The van der Waals surface area contributed by atoms with E-state index in [-0.39, 0.29) is 18.8 Å². The molecule has 0 saturated heterocycles. The Kier molecular flexibility index (Phi) is 5.74. The lowest BCUT2D eigenvalue weighted by molar-refractivity contribution is -0.137. The first-order chi connectivity index (χ1) is 14.0. The van der Waals surface area contributed by atoms with Crippen LogP contribution in [0.15, 0.2) is 39.5 Å². The molecule has 0 radical (unpaired) electrons. The van der Waals surface area contributed by atoms with E-state index < -0.39 is 17.4 Å². The highest BCUT2D eigenvalue weighted by atomic mass is 19.4. The smallest absolute Gasteiger partial charge is 0.416 e. The number of Topliss-reactive ketones (excluding diaryl/α,β-unsaturated/α-hetero) is 1. The first kappa shape index (κ1) is 21.6. The molecule has 4 nitrogen and oxygen atoms in total. The van der Waals surface area contributed by atoms with E-state index in [9.17, 15) is 22.8 Å². The van der Waals surface area contributed by atoms with Crippen LogP contribution in [-0.2, 0) is 24.0 Å². The summed E-state index contributed by atoms with van der Waals surface area (Å²) >= 11 is 0. The minimum Gasteiger partial charge on any atom is -0.488 e. The molecule has 0 unspecified atom stereocenters. The van der Waals surface area contributed by atoms with Gasteiger partial charge in [-0.1, -0.05) is 11.6 Å². The maximum atomic E-state index is 13.0. The fourth-order valence-corrected chi connectivity index (χ4v) is 3.45. The van der Waals surface area contributed by atoms with Crippen LogP contribution in [0.25, 0.3) is 11.0 Å². The molecule has 2 aromatic carbocycles. The number of benzene rings is 2. The predicted octanol–water partition coefficient (Wildman–Crippen LogP) is 5.45.